The molecule has 0 radical (unpaired) electrons. The van der Waals surface area contributed by atoms with Gasteiger partial charge in [-0.15, -0.1) is 0 Å². The Morgan fingerprint density at radius 3 is 2.89 bits per heavy atom. The average Bonchev–Trinajstić information content (AvgIpc) is 2.69. The van der Waals surface area contributed by atoms with Gasteiger partial charge in [0.05, 0.1) is 12.6 Å². The van der Waals surface area contributed by atoms with Crippen molar-refractivity contribution >= 4 is 22.5 Å². The van der Waals surface area contributed by atoms with Gasteiger partial charge in [0.25, 0.3) is 5.56 Å². The van der Waals surface area contributed by atoms with Crippen LogP contribution in [0.4, 0.5) is 0 Å². The van der Waals surface area contributed by atoms with Crippen LogP contribution in [-0.4, -0.2) is 36.6 Å². The number of hydrogen-bond donors (Lipinski definition) is 2. The lowest BCUT2D eigenvalue weighted by atomic mass is 10.0. The summed E-state index contributed by atoms with van der Waals surface area (Å²) in [5.41, 5.74) is 2.57. The summed E-state index contributed by atoms with van der Waals surface area (Å²) in [4.78, 5) is 18.0. The highest BCUT2D eigenvalue weighted by molar-refractivity contribution is 6.31. The van der Waals surface area contributed by atoms with Crippen molar-refractivity contribution in [3.8, 4) is 5.75 Å². The predicted molar refractivity (Wildman–Crippen MR) is 109 cm³/mol. The van der Waals surface area contributed by atoms with Gasteiger partial charge in [-0.2, -0.15) is 0 Å². The molecule has 27 heavy (non-hydrogen) atoms. The molecule has 0 spiro atoms. The van der Waals surface area contributed by atoms with E-state index in [0.717, 1.165) is 52.4 Å². The molecule has 2 heterocycles. The standard InChI is InChI=1S/C21H22ClN3O2/c1-27-16-7-6-14-10-15(21(26)24-19(14)11-16)13-25-9-8-23-12-20(25)17-4-2-3-5-18(17)22/h2-7,10-11,20,23H,8-9,12-13H2,1H3,(H,24,26). The number of ether oxygens (including phenoxy) is 1. The number of methoxy groups -OCH3 is 1. The second-order valence-electron chi connectivity index (χ2n) is 6.79. The van der Waals surface area contributed by atoms with E-state index in [1.807, 2.05) is 42.5 Å². The first-order chi connectivity index (χ1) is 13.2. The second kappa shape index (κ2) is 7.72. The summed E-state index contributed by atoms with van der Waals surface area (Å²) in [6, 6.07) is 15.7. The Hall–Kier alpha value is -2.34. The van der Waals surface area contributed by atoms with E-state index in [1.165, 1.54) is 0 Å². The van der Waals surface area contributed by atoms with Gasteiger partial charge in [-0.25, -0.2) is 0 Å². The monoisotopic (exact) mass is 383 g/mol. The normalized spacial score (nSPS) is 17.9. The number of halogens is 1. The number of fused-ring (bicyclic) bond motifs is 1. The molecule has 1 aliphatic heterocycles. The fraction of sp³-hybridized carbons (Fsp3) is 0.286. The lowest BCUT2D eigenvalue weighted by molar-refractivity contribution is 0.153. The van der Waals surface area contributed by atoms with Gasteiger partial charge in [0.1, 0.15) is 5.75 Å². The maximum atomic E-state index is 12.7. The minimum absolute atomic E-state index is 0.0628. The number of pyridine rings is 1. The van der Waals surface area contributed by atoms with Crippen LogP contribution < -0.4 is 15.6 Å². The molecule has 0 saturated carbocycles. The third kappa shape index (κ3) is 3.72. The lowest BCUT2D eigenvalue weighted by Crippen LogP contribution is -2.46. The van der Waals surface area contributed by atoms with E-state index in [4.69, 9.17) is 16.3 Å². The fourth-order valence-electron chi connectivity index (χ4n) is 3.68. The highest BCUT2D eigenvalue weighted by atomic mass is 35.5. The van der Waals surface area contributed by atoms with Crippen LogP contribution in [0, 0.1) is 0 Å². The minimum atomic E-state index is -0.0628. The van der Waals surface area contributed by atoms with Gasteiger partial charge >= 0.3 is 0 Å². The summed E-state index contributed by atoms with van der Waals surface area (Å²) in [5, 5.41) is 5.19. The summed E-state index contributed by atoms with van der Waals surface area (Å²) in [6.07, 6.45) is 0. The molecule has 4 rings (SSSR count). The fourth-order valence-corrected chi connectivity index (χ4v) is 3.94. The molecule has 1 aromatic heterocycles. The Morgan fingerprint density at radius 2 is 2.07 bits per heavy atom. The molecule has 1 atom stereocenters. The zero-order valence-electron chi connectivity index (χ0n) is 15.2. The highest BCUT2D eigenvalue weighted by Gasteiger charge is 2.26. The van der Waals surface area contributed by atoms with Crippen LogP contribution in [0.15, 0.2) is 53.3 Å². The van der Waals surface area contributed by atoms with Crippen LogP contribution in [-0.2, 0) is 6.54 Å². The van der Waals surface area contributed by atoms with E-state index in [0.29, 0.717) is 6.54 Å². The number of H-pyrrole nitrogens is 1. The Kier molecular flexibility index (Phi) is 5.16. The van der Waals surface area contributed by atoms with Crippen molar-refractivity contribution in [2.45, 2.75) is 12.6 Å². The van der Waals surface area contributed by atoms with Crippen LogP contribution in [0.2, 0.25) is 5.02 Å². The largest absolute Gasteiger partial charge is 0.497 e. The molecule has 0 aliphatic carbocycles. The van der Waals surface area contributed by atoms with Crippen LogP contribution >= 0.6 is 11.6 Å². The Bertz CT molecular complexity index is 1020. The van der Waals surface area contributed by atoms with Crippen molar-refractivity contribution in [1.82, 2.24) is 15.2 Å². The molecule has 1 unspecified atom stereocenters. The third-order valence-electron chi connectivity index (χ3n) is 5.12. The summed E-state index contributed by atoms with van der Waals surface area (Å²) >= 11 is 6.43. The number of nitrogens with one attached hydrogen (secondary N) is 2. The van der Waals surface area contributed by atoms with Gasteiger partial charge in [-0.1, -0.05) is 29.8 Å². The number of nitrogens with zero attached hydrogens (tertiary/aromatic N) is 1. The molecule has 1 fully saturated rings. The molecule has 140 valence electrons. The molecule has 2 aromatic carbocycles. The van der Waals surface area contributed by atoms with Crippen LogP contribution in [0.25, 0.3) is 10.9 Å². The van der Waals surface area contributed by atoms with Gasteiger partial charge in [-0.05, 0) is 35.2 Å². The van der Waals surface area contributed by atoms with E-state index < -0.39 is 0 Å². The molecular formula is C21H22ClN3O2. The number of benzene rings is 2. The van der Waals surface area contributed by atoms with Crippen LogP contribution in [0.5, 0.6) is 5.75 Å². The molecule has 0 amide bonds. The molecule has 5 nitrogen and oxygen atoms in total. The molecular weight excluding hydrogens is 362 g/mol. The van der Waals surface area contributed by atoms with Crippen LogP contribution in [0.3, 0.4) is 0 Å². The van der Waals surface area contributed by atoms with E-state index >= 15 is 0 Å². The maximum absolute atomic E-state index is 12.7. The first kappa shape index (κ1) is 18.0. The SMILES string of the molecule is COc1ccc2cc(CN3CCNCC3c3ccccc3Cl)c(=O)[nH]c2c1. The highest BCUT2D eigenvalue weighted by Crippen LogP contribution is 2.29. The van der Waals surface area contributed by atoms with Gasteiger partial charge < -0.3 is 15.0 Å². The Balaban J connectivity index is 1.66. The first-order valence-electron chi connectivity index (χ1n) is 9.05. The van der Waals surface area contributed by atoms with E-state index in [9.17, 15) is 4.79 Å². The number of aromatic amines is 1. The molecule has 6 heteroatoms. The predicted octanol–water partition coefficient (Wildman–Crippen LogP) is 3.34. The van der Waals surface area contributed by atoms with Gasteiger partial charge in [0.15, 0.2) is 0 Å². The van der Waals surface area contributed by atoms with E-state index in [1.54, 1.807) is 7.11 Å². The van der Waals surface area contributed by atoms with Gasteiger partial charge in [0, 0.05) is 48.9 Å². The van der Waals surface area contributed by atoms with Crippen molar-refractivity contribution in [3.63, 3.8) is 0 Å². The summed E-state index contributed by atoms with van der Waals surface area (Å²) in [6.45, 7) is 3.14. The van der Waals surface area contributed by atoms with Crippen molar-refractivity contribution in [3.05, 3.63) is 75.0 Å². The summed E-state index contributed by atoms with van der Waals surface area (Å²) in [7, 11) is 1.62. The van der Waals surface area contributed by atoms with E-state index in [2.05, 4.69) is 21.3 Å². The van der Waals surface area contributed by atoms with Crippen molar-refractivity contribution in [2.24, 2.45) is 0 Å². The zero-order valence-corrected chi connectivity index (χ0v) is 15.9. The van der Waals surface area contributed by atoms with Crippen molar-refractivity contribution in [1.29, 1.82) is 0 Å². The number of hydrogen-bond acceptors (Lipinski definition) is 4. The number of aromatic nitrogens is 1. The quantitative estimate of drug-likeness (QED) is 0.725. The molecule has 0 bridgehead atoms. The molecule has 1 saturated heterocycles. The summed E-state index contributed by atoms with van der Waals surface area (Å²) in [5.74, 6) is 0.729. The lowest BCUT2D eigenvalue weighted by Gasteiger charge is -2.36. The molecule has 1 aliphatic rings. The van der Waals surface area contributed by atoms with E-state index in [-0.39, 0.29) is 11.6 Å². The summed E-state index contributed by atoms with van der Waals surface area (Å²) < 4.78 is 5.24. The first-order valence-corrected chi connectivity index (χ1v) is 9.42. The van der Waals surface area contributed by atoms with Gasteiger partial charge in [-0.3, -0.25) is 9.69 Å². The van der Waals surface area contributed by atoms with Crippen molar-refractivity contribution in [2.75, 3.05) is 26.7 Å². The smallest absolute Gasteiger partial charge is 0.252 e. The Labute approximate surface area is 162 Å². The minimum Gasteiger partial charge on any atom is -0.497 e. The number of piperazine rings is 1. The molecule has 3 aromatic rings. The second-order valence-corrected chi connectivity index (χ2v) is 7.20. The number of rotatable bonds is 4. The van der Waals surface area contributed by atoms with Crippen LogP contribution in [0.1, 0.15) is 17.2 Å². The average molecular weight is 384 g/mol. The molecule has 2 N–H and O–H groups in total. The van der Waals surface area contributed by atoms with Crippen molar-refractivity contribution < 1.29 is 4.74 Å². The Morgan fingerprint density at radius 1 is 1.22 bits per heavy atom. The zero-order chi connectivity index (χ0) is 18.8. The van der Waals surface area contributed by atoms with Gasteiger partial charge in [0.2, 0.25) is 0 Å². The topological polar surface area (TPSA) is 57.4 Å². The third-order valence-corrected chi connectivity index (χ3v) is 5.47. The maximum Gasteiger partial charge on any atom is 0.252 e.